The van der Waals surface area contributed by atoms with Crippen molar-refractivity contribution in [1.29, 1.82) is 0 Å². The van der Waals surface area contributed by atoms with E-state index in [9.17, 15) is 18.4 Å². The molecule has 2 aliphatic rings. The molecule has 2 aromatic carbocycles. The molecule has 1 N–H and O–H groups in total. The second-order valence-electron chi connectivity index (χ2n) is 6.47. The van der Waals surface area contributed by atoms with Crippen molar-refractivity contribution in [3.8, 4) is 0 Å². The van der Waals surface area contributed by atoms with E-state index in [1.807, 2.05) is 0 Å². The van der Waals surface area contributed by atoms with Gasteiger partial charge in [-0.3, -0.25) is 9.59 Å². The first-order chi connectivity index (χ1) is 12.0. The second-order valence-corrected chi connectivity index (χ2v) is 6.47. The summed E-state index contributed by atoms with van der Waals surface area (Å²) in [4.78, 5) is 26.5. The summed E-state index contributed by atoms with van der Waals surface area (Å²) in [6.07, 6.45) is 1.59. The maximum absolute atomic E-state index is 13.9. The highest BCUT2D eigenvalue weighted by Gasteiger charge is 2.40. The van der Waals surface area contributed by atoms with E-state index < -0.39 is 17.7 Å². The number of rotatable bonds is 2. The number of anilines is 1. The van der Waals surface area contributed by atoms with Gasteiger partial charge in [0.25, 0.3) is 0 Å². The van der Waals surface area contributed by atoms with Crippen LogP contribution in [0.4, 0.5) is 14.5 Å². The first-order valence-corrected chi connectivity index (χ1v) is 8.18. The summed E-state index contributed by atoms with van der Waals surface area (Å²) in [6, 6.07) is 9.17. The SMILES string of the molecule is O=C1CN(C(=O)C2CC2)[C@@H](c2ccc(F)cc2)c2cc(F)ccc2N1. The number of halogens is 2. The first kappa shape index (κ1) is 15.7. The molecule has 0 unspecified atom stereocenters. The van der Waals surface area contributed by atoms with Gasteiger partial charge in [-0.15, -0.1) is 0 Å². The minimum Gasteiger partial charge on any atom is -0.324 e. The number of carbonyl (C=O) groups excluding carboxylic acids is 2. The molecule has 1 aliphatic heterocycles. The van der Waals surface area contributed by atoms with E-state index >= 15 is 0 Å². The van der Waals surface area contributed by atoms with Crippen LogP contribution in [0.25, 0.3) is 0 Å². The van der Waals surface area contributed by atoms with Gasteiger partial charge in [-0.25, -0.2) is 8.78 Å². The van der Waals surface area contributed by atoms with Gasteiger partial charge in [0.15, 0.2) is 0 Å². The number of carbonyl (C=O) groups is 2. The molecule has 2 aromatic rings. The van der Waals surface area contributed by atoms with E-state index in [0.29, 0.717) is 16.8 Å². The summed E-state index contributed by atoms with van der Waals surface area (Å²) < 4.78 is 27.2. The van der Waals surface area contributed by atoms with Crippen molar-refractivity contribution in [1.82, 2.24) is 4.90 Å². The lowest BCUT2D eigenvalue weighted by molar-refractivity contribution is -0.137. The summed E-state index contributed by atoms with van der Waals surface area (Å²) >= 11 is 0. The maximum atomic E-state index is 13.9. The van der Waals surface area contributed by atoms with Gasteiger partial charge >= 0.3 is 0 Å². The molecule has 2 amide bonds. The van der Waals surface area contributed by atoms with Crippen LogP contribution in [0.15, 0.2) is 42.5 Å². The van der Waals surface area contributed by atoms with Crippen LogP contribution in [0.5, 0.6) is 0 Å². The van der Waals surface area contributed by atoms with Crippen LogP contribution in [0.1, 0.15) is 30.0 Å². The van der Waals surface area contributed by atoms with Crippen molar-refractivity contribution in [3.05, 3.63) is 65.2 Å². The molecule has 0 radical (unpaired) electrons. The van der Waals surface area contributed by atoms with Crippen molar-refractivity contribution >= 4 is 17.5 Å². The fourth-order valence-corrected chi connectivity index (χ4v) is 3.25. The monoisotopic (exact) mass is 342 g/mol. The van der Waals surface area contributed by atoms with Crippen molar-refractivity contribution in [2.24, 2.45) is 5.92 Å². The van der Waals surface area contributed by atoms with Gasteiger partial charge in [0.05, 0.1) is 6.04 Å². The van der Waals surface area contributed by atoms with E-state index in [2.05, 4.69) is 5.32 Å². The molecule has 1 saturated carbocycles. The van der Waals surface area contributed by atoms with E-state index in [-0.39, 0.29) is 24.3 Å². The Morgan fingerprint density at radius 2 is 1.72 bits per heavy atom. The van der Waals surface area contributed by atoms with Crippen LogP contribution in [0, 0.1) is 17.6 Å². The Morgan fingerprint density at radius 1 is 1.04 bits per heavy atom. The highest BCUT2D eigenvalue weighted by Crippen LogP contribution is 2.40. The molecule has 4 nitrogen and oxygen atoms in total. The molecule has 1 heterocycles. The number of nitrogens with zero attached hydrogens (tertiary/aromatic N) is 1. The van der Waals surface area contributed by atoms with Crippen LogP contribution < -0.4 is 5.32 Å². The van der Waals surface area contributed by atoms with Crippen molar-refractivity contribution in [2.75, 3.05) is 11.9 Å². The fraction of sp³-hybridized carbons (Fsp3) is 0.263. The predicted octanol–water partition coefficient (Wildman–Crippen LogP) is 3.24. The summed E-state index contributed by atoms with van der Waals surface area (Å²) in [7, 11) is 0. The molecule has 0 saturated heterocycles. The molecule has 1 atom stereocenters. The number of hydrogen-bond donors (Lipinski definition) is 1. The Balaban J connectivity index is 1.88. The number of fused-ring (bicyclic) bond motifs is 1. The molecule has 1 aliphatic carbocycles. The number of amides is 2. The van der Waals surface area contributed by atoms with Gasteiger partial charge in [-0.2, -0.15) is 0 Å². The first-order valence-electron chi connectivity index (χ1n) is 8.18. The average molecular weight is 342 g/mol. The lowest BCUT2D eigenvalue weighted by Crippen LogP contribution is -2.39. The Bertz CT molecular complexity index is 847. The largest absolute Gasteiger partial charge is 0.324 e. The average Bonchev–Trinajstić information content (AvgIpc) is 3.42. The highest BCUT2D eigenvalue weighted by molar-refractivity contribution is 5.97. The zero-order chi connectivity index (χ0) is 17.6. The van der Waals surface area contributed by atoms with Gasteiger partial charge in [0.2, 0.25) is 11.8 Å². The van der Waals surface area contributed by atoms with Crippen molar-refractivity contribution < 1.29 is 18.4 Å². The normalized spacial score (nSPS) is 19.8. The zero-order valence-electron chi connectivity index (χ0n) is 13.3. The fourth-order valence-electron chi connectivity index (χ4n) is 3.25. The summed E-state index contributed by atoms with van der Waals surface area (Å²) in [5.74, 6) is -1.40. The van der Waals surface area contributed by atoms with E-state index in [1.165, 1.54) is 35.2 Å². The molecular weight excluding hydrogens is 326 g/mol. The topological polar surface area (TPSA) is 49.4 Å². The minimum absolute atomic E-state index is 0.0918. The Hall–Kier alpha value is -2.76. The molecule has 128 valence electrons. The lowest BCUT2D eigenvalue weighted by atomic mass is 9.95. The molecule has 4 rings (SSSR count). The molecule has 6 heteroatoms. The summed E-state index contributed by atoms with van der Waals surface area (Å²) in [6.45, 7) is -0.117. The minimum atomic E-state index is -0.640. The third-order valence-corrected chi connectivity index (χ3v) is 4.60. The number of benzene rings is 2. The molecule has 0 bridgehead atoms. The smallest absolute Gasteiger partial charge is 0.244 e. The maximum Gasteiger partial charge on any atom is 0.244 e. The van der Waals surface area contributed by atoms with E-state index in [0.717, 1.165) is 12.8 Å². The van der Waals surface area contributed by atoms with Crippen LogP contribution in [-0.4, -0.2) is 23.3 Å². The van der Waals surface area contributed by atoms with Crippen molar-refractivity contribution in [3.63, 3.8) is 0 Å². The van der Waals surface area contributed by atoms with Crippen molar-refractivity contribution in [2.45, 2.75) is 18.9 Å². The standard InChI is InChI=1S/C19H16F2N2O2/c20-13-5-3-11(4-6-13)18-15-9-14(21)7-8-16(15)22-17(24)10-23(18)19(25)12-1-2-12/h3-9,12,18H,1-2,10H2,(H,22,24)/t18-/m0/s1. The van der Waals surface area contributed by atoms with Gasteiger partial charge in [0.1, 0.15) is 18.2 Å². The molecule has 0 aromatic heterocycles. The second kappa shape index (κ2) is 5.95. The number of nitrogens with one attached hydrogen (secondary N) is 1. The molecule has 1 fully saturated rings. The van der Waals surface area contributed by atoms with Gasteiger partial charge < -0.3 is 10.2 Å². The third-order valence-electron chi connectivity index (χ3n) is 4.60. The lowest BCUT2D eigenvalue weighted by Gasteiger charge is -2.30. The summed E-state index contributed by atoms with van der Waals surface area (Å²) in [5.41, 5.74) is 1.59. The third kappa shape index (κ3) is 2.99. The Kier molecular flexibility index (Phi) is 3.75. The summed E-state index contributed by atoms with van der Waals surface area (Å²) in [5, 5.41) is 2.73. The van der Waals surface area contributed by atoms with E-state index in [4.69, 9.17) is 0 Å². The molecular formula is C19H16F2N2O2. The molecule has 0 spiro atoms. The van der Waals surface area contributed by atoms with Crippen LogP contribution in [0.3, 0.4) is 0 Å². The van der Waals surface area contributed by atoms with Crippen LogP contribution >= 0.6 is 0 Å². The van der Waals surface area contributed by atoms with Crippen LogP contribution in [-0.2, 0) is 9.59 Å². The zero-order valence-corrected chi connectivity index (χ0v) is 13.3. The quantitative estimate of drug-likeness (QED) is 0.911. The highest BCUT2D eigenvalue weighted by atomic mass is 19.1. The van der Waals surface area contributed by atoms with Gasteiger partial charge in [0, 0.05) is 17.2 Å². The Labute approximate surface area is 143 Å². The predicted molar refractivity (Wildman–Crippen MR) is 87.7 cm³/mol. The van der Waals surface area contributed by atoms with Gasteiger partial charge in [-0.05, 0) is 48.7 Å². The van der Waals surface area contributed by atoms with Gasteiger partial charge in [-0.1, -0.05) is 12.1 Å². The Morgan fingerprint density at radius 3 is 2.40 bits per heavy atom. The van der Waals surface area contributed by atoms with E-state index in [1.54, 1.807) is 12.1 Å². The molecule has 25 heavy (non-hydrogen) atoms. The number of hydrogen-bond acceptors (Lipinski definition) is 2. The van der Waals surface area contributed by atoms with Crippen LogP contribution in [0.2, 0.25) is 0 Å².